The second-order valence-corrected chi connectivity index (χ2v) is 1.52. The van der Waals surface area contributed by atoms with E-state index in [1.807, 2.05) is 0 Å². The van der Waals surface area contributed by atoms with Crippen molar-refractivity contribution in [3.05, 3.63) is 12.7 Å². The van der Waals surface area contributed by atoms with Crippen LogP contribution in [0.4, 0.5) is 0 Å². The molecule has 0 bridgehead atoms. The first-order valence-corrected chi connectivity index (χ1v) is 2.68. The fraction of sp³-hybridized carbons (Fsp3) is 0.333. The Bertz CT molecular complexity index is 155. The maximum atomic E-state index is 10.3. The van der Waals surface area contributed by atoms with E-state index in [1.165, 1.54) is 0 Å². The Morgan fingerprint density at radius 3 is 2.45 bits per heavy atom. The topological polar surface area (TPSA) is 63.6 Å². The fourth-order valence-electron chi connectivity index (χ4n) is 0.298. The molecule has 0 radical (unpaired) electrons. The van der Waals surface area contributed by atoms with E-state index in [0.717, 1.165) is 6.08 Å². The quantitative estimate of drug-likeness (QED) is 0.456. The van der Waals surface area contributed by atoms with E-state index in [4.69, 9.17) is 5.11 Å². The number of hydrogen-bond acceptors (Lipinski definition) is 3. The van der Waals surface area contributed by atoms with Crippen LogP contribution < -0.4 is 0 Å². The number of carboxylic acids is 1. The van der Waals surface area contributed by atoms with Gasteiger partial charge in [0.25, 0.3) is 0 Å². The summed E-state index contributed by atoms with van der Waals surface area (Å²) in [6, 6.07) is 0. The molecule has 0 aliphatic heterocycles. The SMILES string of the molecule is C=CC(=O)OCCC(=O)O.[Hf]. The van der Waals surface area contributed by atoms with E-state index in [2.05, 4.69) is 11.3 Å². The molecule has 60 valence electrons. The summed E-state index contributed by atoms with van der Waals surface area (Å²) in [4.78, 5) is 20.1. The van der Waals surface area contributed by atoms with Crippen molar-refractivity contribution in [3.8, 4) is 0 Å². The first-order valence-electron chi connectivity index (χ1n) is 2.68. The van der Waals surface area contributed by atoms with Crippen molar-refractivity contribution >= 4 is 11.9 Å². The van der Waals surface area contributed by atoms with E-state index < -0.39 is 11.9 Å². The molecule has 0 aromatic carbocycles. The Balaban J connectivity index is 0. The van der Waals surface area contributed by atoms with Gasteiger partial charge in [0.15, 0.2) is 0 Å². The number of hydrogen-bond donors (Lipinski definition) is 1. The van der Waals surface area contributed by atoms with Crippen LogP contribution in [-0.2, 0) is 40.2 Å². The monoisotopic (exact) mass is 324 g/mol. The van der Waals surface area contributed by atoms with Gasteiger partial charge in [-0.05, 0) is 0 Å². The molecular formula is C6H8HfO4. The molecule has 11 heavy (non-hydrogen) atoms. The van der Waals surface area contributed by atoms with Gasteiger partial charge in [0.05, 0.1) is 6.42 Å². The standard InChI is InChI=1S/C6H8O4.Hf/c1-2-6(9)10-4-3-5(7)8;/h2H,1,3-4H2,(H,7,8);. The minimum Gasteiger partial charge on any atom is -0.481 e. The van der Waals surface area contributed by atoms with Gasteiger partial charge in [-0.3, -0.25) is 4.79 Å². The molecule has 0 aliphatic carbocycles. The van der Waals surface area contributed by atoms with Gasteiger partial charge in [0, 0.05) is 31.9 Å². The molecule has 0 unspecified atom stereocenters. The van der Waals surface area contributed by atoms with Crippen LogP contribution in [0.5, 0.6) is 0 Å². The molecule has 0 rings (SSSR count). The maximum absolute atomic E-state index is 10.3. The predicted octanol–water partition coefficient (Wildman–Crippen LogP) is 0.188. The van der Waals surface area contributed by atoms with Gasteiger partial charge in [-0.2, -0.15) is 0 Å². The number of aliphatic carboxylic acids is 1. The van der Waals surface area contributed by atoms with Crippen molar-refractivity contribution in [1.29, 1.82) is 0 Å². The first-order chi connectivity index (χ1) is 4.66. The van der Waals surface area contributed by atoms with Crippen molar-refractivity contribution in [2.45, 2.75) is 6.42 Å². The van der Waals surface area contributed by atoms with Crippen molar-refractivity contribution in [3.63, 3.8) is 0 Å². The van der Waals surface area contributed by atoms with Gasteiger partial charge in [-0.1, -0.05) is 6.58 Å². The largest absolute Gasteiger partial charge is 0.481 e. The third kappa shape index (κ3) is 9.55. The molecule has 0 heterocycles. The van der Waals surface area contributed by atoms with E-state index in [9.17, 15) is 9.59 Å². The van der Waals surface area contributed by atoms with Gasteiger partial charge >= 0.3 is 11.9 Å². The van der Waals surface area contributed by atoms with Gasteiger partial charge in [0.2, 0.25) is 0 Å². The zero-order chi connectivity index (χ0) is 7.98. The van der Waals surface area contributed by atoms with Crippen LogP contribution in [0.3, 0.4) is 0 Å². The van der Waals surface area contributed by atoms with Crippen molar-refractivity contribution < 1.29 is 45.3 Å². The predicted molar refractivity (Wildman–Crippen MR) is 33.4 cm³/mol. The number of carboxylic acid groups (broad SMARTS) is 1. The van der Waals surface area contributed by atoms with Crippen LogP contribution in [0.2, 0.25) is 0 Å². The molecule has 4 nitrogen and oxygen atoms in total. The molecule has 0 fully saturated rings. The van der Waals surface area contributed by atoms with Crippen molar-refractivity contribution in [2.75, 3.05) is 6.61 Å². The molecular weight excluding hydrogens is 315 g/mol. The number of esters is 1. The smallest absolute Gasteiger partial charge is 0.330 e. The van der Waals surface area contributed by atoms with E-state index in [0.29, 0.717) is 0 Å². The minimum atomic E-state index is -0.989. The Morgan fingerprint density at radius 2 is 2.09 bits per heavy atom. The van der Waals surface area contributed by atoms with Gasteiger partial charge in [-0.25, -0.2) is 4.79 Å². The van der Waals surface area contributed by atoms with E-state index >= 15 is 0 Å². The molecule has 1 N–H and O–H groups in total. The third-order valence-corrected chi connectivity index (χ3v) is 0.727. The Labute approximate surface area is 83.0 Å². The molecule has 0 aliphatic rings. The maximum Gasteiger partial charge on any atom is 0.330 e. The molecule has 0 atom stereocenters. The van der Waals surface area contributed by atoms with Crippen LogP contribution in [0.1, 0.15) is 6.42 Å². The van der Waals surface area contributed by atoms with Crippen LogP contribution in [0, 0.1) is 0 Å². The van der Waals surface area contributed by atoms with Gasteiger partial charge in [0.1, 0.15) is 6.61 Å². The minimum absolute atomic E-state index is 0. The van der Waals surface area contributed by atoms with E-state index in [1.54, 1.807) is 0 Å². The zero-order valence-corrected chi connectivity index (χ0v) is 9.46. The average molecular weight is 323 g/mol. The van der Waals surface area contributed by atoms with Crippen molar-refractivity contribution in [1.82, 2.24) is 0 Å². The molecule has 0 aromatic heterocycles. The summed E-state index contributed by atoms with van der Waals surface area (Å²) in [7, 11) is 0. The Hall–Kier alpha value is -0.450. The van der Waals surface area contributed by atoms with Crippen LogP contribution in [-0.4, -0.2) is 23.7 Å². The summed E-state index contributed by atoms with van der Waals surface area (Å²) >= 11 is 0. The first kappa shape index (κ1) is 13.2. The second kappa shape index (κ2) is 7.65. The van der Waals surface area contributed by atoms with Crippen LogP contribution >= 0.6 is 0 Å². The molecule has 0 saturated carbocycles. The second-order valence-electron chi connectivity index (χ2n) is 1.52. The molecule has 5 heteroatoms. The summed E-state index contributed by atoms with van der Waals surface area (Å²) in [5, 5.41) is 8.08. The Kier molecular flexibility index (Phi) is 9.16. The normalized spacial score (nSPS) is 7.64. The number of carbonyl (C=O) groups is 2. The summed E-state index contributed by atoms with van der Waals surface area (Å²) in [5.74, 6) is -1.59. The molecule has 0 amide bonds. The summed E-state index contributed by atoms with van der Waals surface area (Å²) in [6.07, 6.45) is 0.821. The van der Waals surface area contributed by atoms with Crippen molar-refractivity contribution in [2.24, 2.45) is 0 Å². The molecule has 0 saturated heterocycles. The van der Waals surface area contributed by atoms with Gasteiger partial charge in [-0.15, -0.1) is 0 Å². The zero-order valence-electron chi connectivity index (χ0n) is 5.87. The number of carbonyl (C=O) groups excluding carboxylic acids is 1. The molecule has 0 spiro atoms. The summed E-state index contributed by atoms with van der Waals surface area (Å²) < 4.78 is 4.36. The Morgan fingerprint density at radius 1 is 1.55 bits per heavy atom. The molecule has 0 aromatic rings. The number of rotatable bonds is 4. The fourth-order valence-corrected chi connectivity index (χ4v) is 0.298. The van der Waals surface area contributed by atoms with Crippen LogP contribution in [0.15, 0.2) is 12.7 Å². The average Bonchev–Trinajstić information content (AvgIpc) is 1.87. The summed E-state index contributed by atoms with van der Waals surface area (Å²) in [5.41, 5.74) is 0. The van der Waals surface area contributed by atoms with Gasteiger partial charge < -0.3 is 9.84 Å². The number of ether oxygens (including phenoxy) is 1. The van der Waals surface area contributed by atoms with E-state index in [-0.39, 0.29) is 38.9 Å². The third-order valence-electron chi connectivity index (χ3n) is 0.727. The summed E-state index contributed by atoms with van der Waals surface area (Å²) in [6.45, 7) is 3.04. The van der Waals surface area contributed by atoms with Crippen LogP contribution in [0.25, 0.3) is 0 Å².